The van der Waals surface area contributed by atoms with Crippen LogP contribution >= 0.6 is 0 Å². The molecular formula is C14H15FN2O2. The summed E-state index contributed by atoms with van der Waals surface area (Å²) >= 11 is 0. The third-order valence-electron chi connectivity index (χ3n) is 2.67. The Morgan fingerprint density at radius 2 is 1.89 bits per heavy atom. The summed E-state index contributed by atoms with van der Waals surface area (Å²) in [5.74, 6) is 0.848. The largest absolute Gasteiger partial charge is 0.493 e. The Morgan fingerprint density at radius 3 is 2.58 bits per heavy atom. The van der Waals surface area contributed by atoms with Gasteiger partial charge in [-0.05, 0) is 23.8 Å². The second-order valence-corrected chi connectivity index (χ2v) is 3.91. The number of anilines is 1. The molecule has 0 aliphatic heterocycles. The van der Waals surface area contributed by atoms with E-state index in [1.165, 1.54) is 12.3 Å². The number of rotatable bonds is 5. The zero-order valence-electron chi connectivity index (χ0n) is 10.8. The number of aromatic nitrogens is 1. The third kappa shape index (κ3) is 3.34. The van der Waals surface area contributed by atoms with Crippen molar-refractivity contribution in [2.24, 2.45) is 0 Å². The van der Waals surface area contributed by atoms with E-state index in [4.69, 9.17) is 9.47 Å². The summed E-state index contributed by atoms with van der Waals surface area (Å²) in [6.45, 7) is 0.559. The molecule has 4 nitrogen and oxygen atoms in total. The molecule has 1 aromatic carbocycles. The summed E-state index contributed by atoms with van der Waals surface area (Å²) in [4.78, 5) is 3.50. The van der Waals surface area contributed by atoms with E-state index in [2.05, 4.69) is 10.3 Å². The molecule has 0 amide bonds. The topological polar surface area (TPSA) is 43.4 Å². The van der Waals surface area contributed by atoms with Crippen LogP contribution in [0.4, 0.5) is 10.1 Å². The fourth-order valence-corrected chi connectivity index (χ4v) is 1.71. The van der Waals surface area contributed by atoms with E-state index >= 15 is 0 Å². The summed E-state index contributed by atoms with van der Waals surface area (Å²) in [5, 5.41) is 3.11. The molecule has 1 N–H and O–H groups in total. The molecule has 0 unspecified atom stereocenters. The van der Waals surface area contributed by atoms with E-state index < -0.39 is 5.95 Å². The van der Waals surface area contributed by atoms with Crippen LogP contribution in [0.25, 0.3) is 0 Å². The van der Waals surface area contributed by atoms with Gasteiger partial charge in [0.2, 0.25) is 5.95 Å². The van der Waals surface area contributed by atoms with Gasteiger partial charge in [-0.3, -0.25) is 0 Å². The quantitative estimate of drug-likeness (QED) is 0.841. The van der Waals surface area contributed by atoms with E-state index in [0.717, 1.165) is 5.56 Å². The number of nitrogens with one attached hydrogen (secondary N) is 1. The molecule has 0 bridgehead atoms. The van der Waals surface area contributed by atoms with Crippen molar-refractivity contribution in [2.75, 3.05) is 19.5 Å². The maximum absolute atomic E-state index is 12.9. The minimum atomic E-state index is -0.502. The number of halogens is 1. The summed E-state index contributed by atoms with van der Waals surface area (Å²) in [5.41, 5.74) is 1.69. The lowest BCUT2D eigenvalue weighted by atomic mass is 10.2. The molecule has 0 saturated heterocycles. The van der Waals surface area contributed by atoms with Gasteiger partial charge in [-0.1, -0.05) is 6.07 Å². The molecule has 19 heavy (non-hydrogen) atoms. The van der Waals surface area contributed by atoms with E-state index in [9.17, 15) is 4.39 Å². The third-order valence-corrected chi connectivity index (χ3v) is 2.67. The Hall–Kier alpha value is -2.30. The van der Waals surface area contributed by atoms with Crippen LogP contribution in [0.1, 0.15) is 5.56 Å². The highest BCUT2D eigenvalue weighted by molar-refractivity contribution is 5.46. The van der Waals surface area contributed by atoms with Crippen molar-refractivity contribution < 1.29 is 13.9 Å². The SMILES string of the molecule is COc1ccc(CNc2ccnc(F)c2)cc1OC. The Bertz CT molecular complexity index is 561. The van der Waals surface area contributed by atoms with Crippen molar-refractivity contribution >= 4 is 5.69 Å². The van der Waals surface area contributed by atoms with Gasteiger partial charge in [0.05, 0.1) is 14.2 Å². The van der Waals surface area contributed by atoms with Gasteiger partial charge in [-0.25, -0.2) is 4.98 Å². The normalized spacial score (nSPS) is 10.1. The molecule has 2 aromatic rings. The van der Waals surface area contributed by atoms with E-state index in [0.29, 0.717) is 23.7 Å². The Balaban J connectivity index is 2.07. The molecule has 100 valence electrons. The minimum Gasteiger partial charge on any atom is -0.493 e. The predicted octanol–water partition coefficient (Wildman–Crippen LogP) is 2.85. The van der Waals surface area contributed by atoms with Gasteiger partial charge in [0, 0.05) is 24.5 Å². The van der Waals surface area contributed by atoms with Gasteiger partial charge in [0.25, 0.3) is 0 Å². The molecule has 1 heterocycles. The van der Waals surface area contributed by atoms with Gasteiger partial charge in [-0.15, -0.1) is 0 Å². The average molecular weight is 262 g/mol. The molecule has 0 aliphatic carbocycles. The zero-order valence-corrected chi connectivity index (χ0v) is 10.8. The number of pyridine rings is 1. The number of ether oxygens (including phenoxy) is 2. The first-order valence-corrected chi connectivity index (χ1v) is 5.79. The number of methoxy groups -OCH3 is 2. The maximum Gasteiger partial charge on any atom is 0.214 e. The second kappa shape index (κ2) is 6.04. The van der Waals surface area contributed by atoms with Crippen molar-refractivity contribution in [3.05, 3.63) is 48.0 Å². The highest BCUT2D eigenvalue weighted by Crippen LogP contribution is 2.27. The Labute approximate surface area is 111 Å². The number of hydrogen-bond donors (Lipinski definition) is 1. The number of benzene rings is 1. The van der Waals surface area contributed by atoms with Crippen molar-refractivity contribution in [1.29, 1.82) is 0 Å². The number of hydrogen-bond acceptors (Lipinski definition) is 4. The van der Waals surface area contributed by atoms with Gasteiger partial charge in [0.1, 0.15) is 0 Å². The second-order valence-electron chi connectivity index (χ2n) is 3.91. The van der Waals surface area contributed by atoms with Crippen LogP contribution in [0, 0.1) is 5.95 Å². The van der Waals surface area contributed by atoms with Gasteiger partial charge in [0.15, 0.2) is 11.5 Å². The molecular weight excluding hydrogens is 247 g/mol. The maximum atomic E-state index is 12.9. The average Bonchev–Trinajstić information content (AvgIpc) is 2.45. The first-order chi connectivity index (χ1) is 9.22. The van der Waals surface area contributed by atoms with Gasteiger partial charge in [-0.2, -0.15) is 4.39 Å². The number of nitrogens with zero attached hydrogens (tertiary/aromatic N) is 1. The molecule has 0 radical (unpaired) electrons. The van der Waals surface area contributed by atoms with E-state index in [1.54, 1.807) is 20.3 Å². The summed E-state index contributed by atoms with van der Waals surface area (Å²) < 4.78 is 23.3. The van der Waals surface area contributed by atoms with Crippen LogP contribution in [0.2, 0.25) is 0 Å². The molecule has 0 saturated carbocycles. The van der Waals surface area contributed by atoms with Gasteiger partial charge < -0.3 is 14.8 Å². The van der Waals surface area contributed by atoms with E-state index in [-0.39, 0.29) is 0 Å². The van der Waals surface area contributed by atoms with Crippen molar-refractivity contribution in [3.63, 3.8) is 0 Å². The molecule has 0 fully saturated rings. The Kier molecular flexibility index (Phi) is 4.18. The van der Waals surface area contributed by atoms with Crippen LogP contribution in [0.3, 0.4) is 0 Å². The molecule has 0 aliphatic rings. The predicted molar refractivity (Wildman–Crippen MR) is 71.1 cm³/mol. The molecule has 0 atom stereocenters. The lowest BCUT2D eigenvalue weighted by Crippen LogP contribution is -2.01. The lowest BCUT2D eigenvalue weighted by molar-refractivity contribution is 0.354. The molecule has 2 rings (SSSR count). The monoisotopic (exact) mass is 262 g/mol. The first-order valence-electron chi connectivity index (χ1n) is 5.79. The van der Waals surface area contributed by atoms with Gasteiger partial charge >= 0.3 is 0 Å². The zero-order chi connectivity index (χ0) is 13.7. The van der Waals surface area contributed by atoms with Crippen LogP contribution in [-0.2, 0) is 6.54 Å². The molecule has 0 spiro atoms. The van der Waals surface area contributed by atoms with Crippen LogP contribution in [0.15, 0.2) is 36.5 Å². The highest BCUT2D eigenvalue weighted by atomic mass is 19.1. The minimum absolute atomic E-state index is 0.502. The highest BCUT2D eigenvalue weighted by Gasteiger charge is 2.04. The summed E-state index contributed by atoms with van der Waals surface area (Å²) in [6.07, 6.45) is 1.42. The fourth-order valence-electron chi connectivity index (χ4n) is 1.71. The summed E-state index contributed by atoms with van der Waals surface area (Å²) in [7, 11) is 3.18. The van der Waals surface area contributed by atoms with Crippen molar-refractivity contribution in [1.82, 2.24) is 4.98 Å². The van der Waals surface area contributed by atoms with E-state index in [1.807, 2.05) is 18.2 Å². The Morgan fingerprint density at radius 1 is 1.11 bits per heavy atom. The smallest absolute Gasteiger partial charge is 0.214 e. The van der Waals surface area contributed by atoms with Crippen LogP contribution < -0.4 is 14.8 Å². The van der Waals surface area contributed by atoms with Crippen molar-refractivity contribution in [3.8, 4) is 11.5 Å². The van der Waals surface area contributed by atoms with Crippen LogP contribution in [0.5, 0.6) is 11.5 Å². The van der Waals surface area contributed by atoms with Crippen molar-refractivity contribution in [2.45, 2.75) is 6.54 Å². The first kappa shape index (κ1) is 13.1. The molecule has 1 aromatic heterocycles. The summed E-state index contributed by atoms with van der Waals surface area (Å²) in [6, 6.07) is 8.70. The molecule has 5 heteroatoms. The lowest BCUT2D eigenvalue weighted by Gasteiger charge is -2.10. The standard InChI is InChI=1S/C14H15FN2O2/c1-18-12-4-3-10(7-13(12)19-2)9-17-11-5-6-16-14(15)8-11/h3-8H,9H2,1-2H3,(H,16,17). The van der Waals surface area contributed by atoms with Crippen LogP contribution in [-0.4, -0.2) is 19.2 Å². The fraction of sp³-hybridized carbons (Fsp3) is 0.214.